The van der Waals surface area contributed by atoms with Crippen LogP contribution in [0.25, 0.3) is 6.08 Å². The van der Waals surface area contributed by atoms with Crippen molar-refractivity contribution >= 4 is 11.9 Å². The largest absolute Gasteiger partial charge is 0.504 e. The number of rotatable bonds is 5. The third-order valence-electron chi connectivity index (χ3n) is 11.4. The summed E-state index contributed by atoms with van der Waals surface area (Å²) in [6.07, 6.45) is 6.56. The summed E-state index contributed by atoms with van der Waals surface area (Å²) >= 11 is 0. The molecule has 1 saturated heterocycles. The van der Waals surface area contributed by atoms with E-state index < -0.39 is 23.4 Å². The normalized spacial score (nSPS) is 30.9. The minimum absolute atomic E-state index is 0.0101. The number of hydrogen-bond acceptors (Lipinski definition) is 8. The number of hydrogen-bond donors (Lipinski definition) is 6. The number of ketones is 1. The lowest BCUT2D eigenvalue weighted by atomic mass is 9.47. The molecule has 1 spiro atoms. The fourth-order valence-electron chi connectivity index (χ4n) is 9.44. The smallest absolute Gasteiger partial charge is 0.160 e. The molecule has 4 aliphatic rings. The van der Waals surface area contributed by atoms with Gasteiger partial charge in [0.05, 0.1) is 19.8 Å². The average Bonchev–Trinajstić information content (AvgIpc) is 3.08. The van der Waals surface area contributed by atoms with Gasteiger partial charge in [-0.2, -0.15) is 0 Å². The lowest BCUT2D eigenvalue weighted by Gasteiger charge is -2.60. The second-order valence-electron chi connectivity index (χ2n) is 13.9. The first-order chi connectivity index (χ1) is 23.2. The molecule has 0 radical (unpaired) electrons. The SMILES string of the molecule is COc1cc([C@@H]2CC(=O)C[C@H](O)[C@@H]3[C@@H](C#C[C@@H]2Cc2ccccc2)CN[C@H]2CCC[C@@H]4C=Cc5cc(O)c(O)cc5[C@]324)c(CO)cc1O. The number of nitrogens with one attached hydrogen (secondary N) is 1. The molecule has 8 atom stereocenters. The summed E-state index contributed by atoms with van der Waals surface area (Å²) in [7, 11) is 1.47. The molecular weight excluding hydrogens is 606 g/mol. The van der Waals surface area contributed by atoms with Gasteiger partial charge in [0, 0.05) is 54.5 Å². The molecular formula is C40H43NO7. The van der Waals surface area contributed by atoms with Crippen LogP contribution in [0.1, 0.15) is 65.8 Å². The Morgan fingerprint density at radius 3 is 2.54 bits per heavy atom. The summed E-state index contributed by atoms with van der Waals surface area (Å²) in [6, 6.07) is 16.4. The van der Waals surface area contributed by atoms with Gasteiger partial charge in [-0.25, -0.2) is 0 Å². The Hall–Kier alpha value is -4.29. The van der Waals surface area contributed by atoms with Gasteiger partial charge in [0.25, 0.3) is 0 Å². The Balaban J connectivity index is 1.40. The van der Waals surface area contributed by atoms with E-state index in [-0.39, 0.29) is 72.0 Å². The van der Waals surface area contributed by atoms with E-state index in [2.05, 4.69) is 23.2 Å². The predicted octanol–water partition coefficient (Wildman–Crippen LogP) is 4.94. The maximum Gasteiger partial charge on any atom is 0.160 e. The zero-order valence-corrected chi connectivity index (χ0v) is 27.1. The van der Waals surface area contributed by atoms with Crippen LogP contribution in [0, 0.1) is 35.5 Å². The number of carbonyl (C=O) groups excluding carboxylic acids is 1. The van der Waals surface area contributed by atoms with Crippen molar-refractivity contribution in [3.63, 3.8) is 0 Å². The third-order valence-corrected chi connectivity index (χ3v) is 11.4. The van der Waals surface area contributed by atoms with Crippen LogP contribution in [0.4, 0.5) is 0 Å². The summed E-state index contributed by atoms with van der Waals surface area (Å²) in [5.41, 5.74) is 3.29. The summed E-state index contributed by atoms with van der Waals surface area (Å²) < 4.78 is 5.45. The molecule has 0 unspecified atom stereocenters. The van der Waals surface area contributed by atoms with Crippen molar-refractivity contribution in [1.29, 1.82) is 0 Å². The molecule has 48 heavy (non-hydrogen) atoms. The number of phenols is 3. The van der Waals surface area contributed by atoms with E-state index in [4.69, 9.17) is 4.74 Å². The number of piperidine rings is 1. The number of methoxy groups -OCH3 is 1. The monoisotopic (exact) mass is 649 g/mol. The van der Waals surface area contributed by atoms with Gasteiger partial charge in [0.15, 0.2) is 23.0 Å². The predicted molar refractivity (Wildman–Crippen MR) is 182 cm³/mol. The molecule has 2 fully saturated rings. The van der Waals surface area contributed by atoms with E-state index in [1.807, 2.05) is 36.4 Å². The van der Waals surface area contributed by atoms with Crippen molar-refractivity contribution in [3.05, 3.63) is 88.5 Å². The Kier molecular flexibility index (Phi) is 8.71. The van der Waals surface area contributed by atoms with Crippen molar-refractivity contribution in [1.82, 2.24) is 5.32 Å². The Morgan fingerprint density at radius 2 is 1.77 bits per heavy atom. The van der Waals surface area contributed by atoms with Gasteiger partial charge in [-0.3, -0.25) is 4.79 Å². The number of aromatic hydroxyl groups is 3. The van der Waals surface area contributed by atoms with Gasteiger partial charge in [0.2, 0.25) is 0 Å². The quantitative estimate of drug-likeness (QED) is 0.169. The minimum Gasteiger partial charge on any atom is -0.504 e. The van der Waals surface area contributed by atoms with Crippen molar-refractivity contribution < 1.29 is 35.1 Å². The van der Waals surface area contributed by atoms with Gasteiger partial charge >= 0.3 is 0 Å². The number of Topliss-reactive ketones (excluding diaryl/α,β-unsaturated/α-hetero) is 1. The van der Waals surface area contributed by atoms with E-state index in [0.717, 1.165) is 36.0 Å². The van der Waals surface area contributed by atoms with E-state index in [9.17, 15) is 30.3 Å². The summed E-state index contributed by atoms with van der Waals surface area (Å²) in [4.78, 5) is 14.2. The number of aliphatic hydroxyl groups excluding tert-OH is 2. The Labute approximate surface area is 281 Å². The maximum atomic E-state index is 14.2. The van der Waals surface area contributed by atoms with Crippen molar-refractivity contribution in [2.75, 3.05) is 13.7 Å². The highest BCUT2D eigenvalue weighted by Gasteiger charge is 2.60. The molecule has 3 aromatic carbocycles. The van der Waals surface area contributed by atoms with Crippen LogP contribution in [-0.2, 0) is 23.2 Å². The van der Waals surface area contributed by atoms with Crippen LogP contribution in [0.3, 0.4) is 0 Å². The van der Waals surface area contributed by atoms with Gasteiger partial charge in [-0.15, -0.1) is 0 Å². The first-order valence-electron chi connectivity index (χ1n) is 17.0. The van der Waals surface area contributed by atoms with Gasteiger partial charge in [0.1, 0.15) is 5.78 Å². The number of benzene rings is 3. The van der Waals surface area contributed by atoms with Crippen LogP contribution in [0.2, 0.25) is 0 Å². The van der Waals surface area contributed by atoms with Crippen LogP contribution in [0.5, 0.6) is 23.0 Å². The standard InChI is InChI=1S/C40H43NO7/c1-48-37-19-31(27(22-42)16-35(37)46)30-17-29(43)18-36(47)39-26(11-10-24(30)14-23-6-3-2-4-7-23)21-41-38-9-5-8-28-13-12-25-15-33(44)34(45)20-32(25)40(28,38)39/h2-4,6-7,12-13,15-16,19-20,24,26,28,30,36,38-39,41-42,44-47H,5,8-9,14,17-18,21-22H2,1H3/t24-,26+,28-,30-,36+,38+,39+,40+/m1/s1. The summed E-state index contributed by atoms with van der Waals surface area (Å²) in [6.45, 7) is 0.212. The van der Waals surface area contributed by atoms with E-state index >= 15 is 0 Å². The molecule has 0 aromatic heterocycles. The number of fused-ring (bicyclic) bond motifs is 2. The number of allylic oxidation sites excluding steroid dienone is 1. The maximum absolute atomic E-state index is 14.2. The minimum atomic E-state index is -1.00. The number of carbonyl (C=O) groups is 1. The molecule has 3 aromatic rings. The highest BCUT2D eigenvalue weighted by atomic mass is 16.5. The van der Waals surface area contributed by atoms with E-state index in [1.54, 1.807) is 18.2 Å². The Bertz CT molecular complexity index is 1790. The topological polar surface area (TPSA) is 139 Å². The third kappa shape index (κ3) is 5.44. The summed E-state index contributed by atoms with van der Waals surface area (Å²) in [5.74, 6) is 5.48. The van der Waals surface area contributed by atoms with Gasteiger partial charge in [-0.1, -0.05) is 60.7 Å². The number of phenolic OH excluding ortho intramolecular Hbond substituents is 3. The number of ether oxygens (including phenoxy) is 1. The zero-order valence-electron chi connectivity index (χ0n) is 27.1. The highest BCUT2D eigenvalue weighted by Crippen LogP contribution is 2.59. The first kappa shape index (κ1) is 32.3. The van der Waals surface area contributed by atoms with Crippen molar-refractivity contribution in [2.45, 2.75) is 68.6 Å². The molecule has 8 nitrogen and oxygen atoms in total. The fraction of sp³-hybridized carbons (Fsp3) is 0.425. The lowest BCUT2D eigenvalue weighted by Crippen LogP contribution is -2.68. The molecule has 1 aliphatic heterocycles. The molecule has 1 saturated carbocycles. The molecule has 3 aliphatic carbocycles. The van der Waals surface area contributed by atoms with Crippen LogP contribution in [0.15, 0.2) is 60.7 Å². The molecule has 0 bridgehead atoms. The first-order valence-corrected chi connectivity index (χ1v) is 17.0. The van der Waals surface area contributed by atoms with Crippen molar-refractivity contribution in [3.8, 4) is 34.8 Å². The average molecular weight is 650 g/mol. The van der Waals surface area contributed by atoms with Crippen molar-refractivity contribution in [2.24, 2.45) is 23.7 Å². The van der Waals surface area contributed by atoms with Crippen LogP contribution >= 0.6 is 0 Å². The molecule has 0 amide bonds. The van der Waals surface area contributed by atoms with Crippen LogP contribution < -0.4 is 10.1 Å². The van der Waals surface area contributed by atoms with Gasteiger partial charge < -0.3 is 35.6 Å². The molecule has 6 N–H and O–H groups in total. The number of aliphatic hydroxyl groups is 2. The molecule has 7 rings (SSSR count). The van der Waals surface area contributed by atoms with E-state index in [0.29, 0.717) is 24.1 Å². The van der Waals surface area contributed by atoms with Crippen LogP contribution in [-0.4, -0.2) is 57.1 Å². The second-order valence-corrected chi connectivity index (χ2v) is 13.9. The zero-order chi connectivity index (χ0) is 33.6. The Morgan fingerprint density at radius 1 is 0.979 bits per heavy atom. The van der Waals surface area contributed by atoms with Gasteiger partial charge in [-0.05, 0) is 77.3 Å². The lowest BCUT2D eigenvalue weighted by molar-refractivity contribution is -0.124. The molecule has 8 heteroatoms. The second kappa shape index (κ2) is 13.0. The molecule has 250 valence electrons. The summed E-state index contributed by atoms with van der Waals surface area (Å²) in [5, 5.41) is 58.2. The fourth-order valence-corrected chi connectivity index (χ4v) is 9.44. The highest BCUT2D eigenvalue weighted by molar-refractivity contribution is 5.80. The molecule has 1 heterocycles. The van der Waals surface area contributed by atoms with E-state index in [1.165, 1.54) is 13.2 Å².